The molecular weight excluding hydrogens is 934 g/mol. The van der Waals surface area contributed by atoms with Crippen LogP contribution in [-0.4, -0.2) is 13.4 Å². The Morgan fingerprint density at radius 2 is 0.423 bits per heavy atom. The molecular formula is C76H48B2. The van der Waals surface area contributed by atoms with Gasteiger partial charge in [-0.25, -0.2) is 0 Å². The van der Waals surface area contributed by atoms with E-state index in [1.807, 2.05) is 0 Å². The Bertz CT molecular complexity index is 4210. The summed E-state index contributed by atoms with van der Waals surface area (Å²) >= 11 is 0. The standard InChI is InChI=1S/C76H48B2/c1-7-25-49(26-8-1)55-39-23-40-56(50-27-9-2-10-28-50)75(55)77-67-43-21-19-37-59(67)63-45-62(54-35-17-6-18-36-54)66-48-70-72-64(46-61(53-33-15-5-16-34-53)65-47-69(77)71(63)73(66)74(65)72)60-38-20-22-44-68(60)78(70)76-57(51-29-11-3-12-30-51)41-24-42-58(76)52-31-13-4-14-32-52/h1-48H. The third-order valence-electron chi connectivity index (χ3n) is 17.2. The van der Waals surface area contributed by atoms with Gasteiger partial charge in [-0.05, 0) is 133 Å². The number of hydrogen-bond acceptors (Lipinski definition) is 0. The zero-order valence-corrected chi connectivity index (χ0v) is 42.9. The Hall–Kier alpha value is -9.75. The Labute approximate surface area is 456 Å². The van der Waals surface area contributed by atoms with Gasteiger partial charge >= 0.3 is 0 Å². The molecule has 0 spiro atoms. The second kappa shape index (κ2) is 17.9. The van der Waals surface area contributed by atoms with E-state index in [1.165, 1.54) is 154 Å². The van der Waals surface area contributed by atoms with Gasteiger partial charge in [0.15, 0.2) is 0 Å². The Morgan fingerprint density at radius 1 is 0.167 bits per heavy atom. The molecule has 14 aromatic carbocycles. The third-order valence-corrected chi connectivity index (χ3v) is 17.2. The van der Waals surface area contributed by atoms with Crippen molar-refractivity contribution in [2.45, 2.75) is 0 Å². The molecule has 2 heterocycles. The summed E-state index contributed by atoms with van der Waals surface area (Å²) in [5, 5.41) is 7.93. The van der Waals surface area contributed by atoms with Gasteiger partial charge in [0.1, 0.15) is 0 Å². The van der Waals surface area contributed by atoms with Crippen molar-refractivity contribution in [3.05, 3.63) is 291 Å². The highest BCUT2D eigenvalue weighted by Gasteiger charge is 2.41. The summed E-state index contributed by atoms with van der Waals surface area (Å²) in [6.45, 7) is -0.213. The average molecular weight is 983 g/mol. The summed E-state index contributed by atoms with van der Waals surface area (Å²) in [5.74, 6) is 0. The van der Waals surface area contributed by atoms with Crippen LogP contribution in [0.3, 0.4) is 0 Å². The number of benzene rings is 14. The van der Waals surface area contributed by atoms with Crippen LogP contribution in [-0.2, 0) is 0 Å². The topological polar surface area (TPSA) is 0 Å². The van der Waals surface area contributed by atoms with Crippen molar-refractivity contribution in [3.63, 3.8) is 0 Å². The first-order valence-electron chi connectivity index (χ1n) is 27.4. The second-order valence-corrected chi connectivity index (χ2v) is 21.2. The van der Waals surface area contributed by atoms with E-state index >= 15 is 0 Å². The maximum Gasteiger partial charge on any atom is 0.244 e. The van der Waals surface area contributed by atoms with Gasteiger partial charge in [0.2, 0.25) is 13.4 Å². The minimum atomic E-state index is -0.107. The van der Waals surface area contributed by atoms with Crippen molar-refractivity contribution in [2.24, 2.45) is 0 Å². The van der Waals surface area contributed by atoms with Crippen LogP contribution < -0.4 is 32.8 Å². The Morgan fingerprint density at radius 3 is 0.731 bits per heavy atom. The van der Waals surface area contributed by atoms with E-state index in [1.54, 1.807) is 0 Å². The van der Waals surface area contributed by atoms with Crippen molar-refractivity contribution < 1.29 is 0 Å². The van der Waals surface area contributed by atoms with E-state index in [9.17, 15) is 0 Å². The molecule has 14 aromatic rings. The zero-order valence-electron chi connectivity index (χ0n) is 42.9. The smallest absolute Gasteiger partial charge is 0.0664 e. The predicted molar refractivity (Wildman–Crippen MR) is 336 cm³/mol. The van der Waals surface area contributed by atoms with Crippen LogP contribution >= 0.6 is 0 Å². The van der Waals surface area contributed by atoms with Gasteiger partial charge in [0.25, 0.3) is 0 Å². The molecule has 0 N–H and O–H groups in total. The number of hydrogen-bond donors (Lipinski definition) is 0. The maximum atomic E-state index is 2.65. The highest BCUT2D eigenvalue weighted by molar-refractivity contribution is 7.01. The van der Waals surface area contributed by atoms with Crippen molar-refractivity contribution in [2.75, 3.05) is 0 Å². The van der Waals surface area contributed by atoms with E-state index in [0.717, 1.165) is 0 Å². The molecule has 16 rings (SSSR count). The van der Waals surface area contributed by atoms with E-state index in [2.05, 4.69) is 291 Å². The molecule has 0 atom stereocenters. The first-order chi connectivity index (χ1) is 38.8. The molecule has 78 heavy (non-hydrogen) atoms. The minimum Gasteiger partial charge on any atom is -0.0664 e. The molecule has 0 amide bonds. The molecule has 358 valence electrons. The first kappa shape index (κ1) is 44.5. The lowest BCUT2D eigenvalue weighted by Gasteiger charge is -2.35. The molecule has 0 aromatic heterocycles. The van der Waals surface area contributed by atoms with Crippen molar-refractivity contribution in [3.8, 4) is 89.0 Å². The van der Waals surface area contributed by atoms with Gasteiger partial charge in [0, 0.05) is 0 Å². The van der Waals surface area contributed by atoms with Gasteiger partial charge in [0.05, 0.1) is 0 Å². The van der Waals surface area contributed by atoms with E-state index in [0.29, 0.717) is 0 Å². The molecule has 0 saturated carbocycles. The van der Waals surface area contributed by atoms with Crippen LogP contribution in [0.5, 0.6) is 0 Å². The van der Waals surface area contributed by atoms with Gasteiger partial charge in [-0.2, -0.15) is 0 Å². The van der Waals surface area contributed by atoms with Gasteiger partial charge < -0.3 is 0 Å². The van der Waals surface area contributed by atoms with Crippen LogP contribution in [0, 0.1) is 0 Å². The lowest BCUT2D eigenvalue weighted by atomic mass is 9.31. The summed E-state index contributed by atoms with van der Waals surface area (Å²) in [7, 11) is 0. The van der Waals surface area contributed by atoms with Crippen LogP contribution in [0.25, 0.3) is 121 Å². The fourth-order valence-electron chi connectivity index (χ4n) is 14.0. The number of rotatable bonds is 8. The lowest BCUT2D eigenvalue weighted by molar-refractivity contribution is 1.60. The van der Waals surface area contributed by atoms with Gasteiger partial charge in [-0.1, -0.05) is 312 Å². The Kier molecular flexibility index (Phi) is 10.2. The van der Waals surface area contributed by atoms with Crippen LogP contribution in [0.2, 0.25) is 0 Å². The molecule has 0 fully saturated rings. The fraction of sp³-hybridized carbons (Fsp3) is 0. The molecule has 2 aliphatic heterocycles. The van der Waals surface area contributed by atoms with Crippen molar-refractivity contribution >= 4 is 78.5 Å². The molecule has 0 nitrogen and oxygen atoms in total. The summed E-state index contributed by atoms with van der Waals surface area (Å²) in [6.07, 6.45) is 0. The van der Waals surface area contributed by atoms with Crippen LogP contribution in [0.15, 0.2) is 291 Å². The molecule has 2 aliphatic rings. The lowest BCUT2D eigenvalue weighted by Crippen LogP contribution is -2.56. The summed E-state index contributed by atoms with van der Waals surface area (Å²) in [4.78, 5) is 0. The first-order valence-corrected chi connectivity index (χ1v) is 27.4. The van der Waals surface area contributed by atoms with Gasteiger partial charge in [-0.15, -0.1) is 0 Å². The second-order valence-electron chi connectivity index (χ2n) is 21.2. The van der Waals surface area contributed by atoms with E-state index < -0.39 is 0 Å². The SMILES string of the molecule is c1ccc(-c2cccc(-c3ccccc3)c2B2c3ccccc3-c3cc(-c4ccccc4)c4cc5c6c(cc(-c7ccccc7)c7cc2c3c4c76)-c2ccccc2B5c2c(-c3ccccc3)cccc2-c2ccccc2)cc1. The quantitative estimate of drug-likeness (QED) is 0.105. The van der Waals surface area contributed by atoms with Gasteiger partial charge in [-0.3, -0.25) is 0 Å². The monoisotopic (exact) mass is 982 g/mol. The molecule has 0 unspecified atom stereocenters. The normalized spacial score (nSPS) is 12.3. The summed E-state index contributed by atoms with van der Waals surface area (Å²) in [5.41, 5.74) is 28.0. The third kappa shape index (κ3) is 6.76. The predicted octanol–water partition coefficient (Wildman–Crippen LogP) is 15.6. The minimum absolute atomic E-state index is 0.107. The van der Waals surface area contributed by atoms with E-state index in [-0.39, 0.29) is 13.4 Å². The molecule has 0 aliphatic carbocycles. The molecule has 0 radical (unpaired) electrons. The molecule has 2 heteroatoms. The van der Waals surface area contributed by atoms with Crippen molar-refractivity contribution in [1.29, 1.82) is 0 Å². The van der Waals surface area contributed by atoms with Crippen molar-refractivity contribution in [1.82, 2.24) is 0 Å². The van der Waals surface area contributed by atoms with Crippen LogP contribution in [0.1, 0.15) is 0 Å². The molecule has 0 bridgehead atoms. The number of fused-ring (bicyclic) bond motifs is 4. The maximum absolute atomic E-state index is 2.65. The summed E-state index contributed by atoms with van der Waals surface area (Å²) < 4.78 is 0. The molecule has 0 saturated heterocycles. The van der Waals surface area contributed by atoms with E-state index in [4.69, 9.17) is 0 Å². The zero-order chi connectivity index (χ0) is 51.3. The highest BCUT2D eigenvalue weighted by atomic mass is 14.3. The van der Waals surface area contributed by atoms with Crippen LogP contribution in [0.4, 0.5) is 0 Å². The fourth-order valence-corrected chi connectivity index (χ4v) is 14.0. The Balaban J connectivity index is 1.12. The average Bonchev–Trinajstić information content (AvgIpc) is 3.34. The summed E-state index contributed by atoms with van der Waals surface area (Å²) in [6, 6.07) is 110. The highest BCUT2D eigenvalue weighted by Crippen LogP contribution is 2.50. The largest absolute Gasteiger partial charge is 0.244 e.